The quantitative estimate of drug-likeness (QED) is 0.775. The third-order valence-corrected chi connectivity index (χ3v) is 3.58. The molecule has 1 nitrogen and oxygen atoms in total. The summed E-state index contributed by atoms with van der Waals surface area (Å²) in [7, 11) is 0. The first-order chi connectivity index (χ1) is 5.83. The third-order valence-electron chi connectivity index (χ3n) is 1.34. The van der Waals surface area contributed by atoms with Crippen LogP contribution in [0.2, 0.25) is 0 Å². The van der Waals surface area contributed by atoms with Crippen LogP contribution in [0.4, 0.5) is 0 Å². The molecule has 0 aromatic heterocycles. The number of alkyl halides is 2. The van der Waals surface area contributed by atoms with Crippen molar-refractivity contribution in [3.05, 3.63) is 30.3 Å². The number of rotatable bonds is 4. The van der Waals surface area contributed by atoms with Gasteiger partial charge in [0.05, 0.1) is 4.83 Å². The standard InChI is InChI=1S/C9H10Br2O/c10-6-8(11)7-12-9-4-2-1-3-5-9/h1-5,8H,6-7H2/t8-/m0/s1. The molecule has 3 heteroatoms. The van der Waals surface area contributed by atoms with Crippen molar-refractivity contribution in [3.63, 3.8) is 0 Å². The van der Waals surface area contributed by atoms with E-state index in [1.807, 2.05) is 30.3 Å². The van der Waals surface area contributed by atoms with E-state index < -0.39 is 0 Å². The molecule has 12 heavy (non-hydrogen) atoms. The van der Waals surface area contributed by atoms with E-state index in [9.17, 15) is 0 Å². The van der Waals surface area contributed by atoms with Gasteiger partial charge in [-0.25, -0.2) is 0 Å². The van der Waals surface area contributed by atoms with Crippen molar-refractivity contribution < 1.29 is 4.74 Å². The molecule has 0 aliphatic rings. The molecular formula is C9H10Br2O. The van der Waals surface area contributed by atoms with Crippen molar-refractivity contribution in [1.29, 1.82) is 0 Å². The first-order valence-electron chi connectivity index (χ1n) is 3.71. The molecule has 0 heterocycles. The molecule has 1 atom stereocenters. The first kappa shape index (κ1) is 10.1. The second-order valence-corrected chi connectivity index (χ2v) is 4.32. The normalized spacial score (nSPS) is 12.5. The zero-order chi connectivity index (χ0) is 8.81. The maximum atomic E-state index is 5.48. The van der Waals surface area contributed by atoms with Crippen LogP contribution in [0.3, 0.4) is 0 Å². The second-order valence-electron chi connectivity index (χ2n) is 2.38. The van der Waals surface area contributed by atoms with Gasteiger partial charge in [-0.2, -0.15) is 0 Å². The molecule has 0 radical (unpaired) electrons. The monoisotopic (exact) mass is 292 g/mol. The largest absolute Gasteiger partial charge is 0.492 e. The molecule has 1 aromatic carbocycles. The topological polar surface area (TPSA) is 9.23 Å². The lowest BCUT2D eigenvalue weighted by Gasteiger charge is -2.08. The maximum Gasteiger partial charge on any atom is 0.119 e. The minimum absolute atomic E-state index is 0.373. The lowest BCUT2D eigenvalue weighted by atomic mass is 10.3. The molecule has 1 rings (SSSR count). The van der Waals surface area contributed by atoms with Gasteiger partial charge in [0.15, 0.2) is 0 Å². The lowest BCUT2D eigenvalue weighted by molar-refractivity contribution is 0.325. The molecule has 0 amide bonds. The second kappa shape index (κ2) is 5.60. The van der Waals surface area contributed by atoms with Crippen LogP contribution in [0.25, 0.3) is 0 Å². The highest BCUT2D eigenvalue weighted by molar-refractivity contribution is 9.12. The SMILES string of the molecule is BrC[C@H](Br)COc1ccccc1. The Bertz CT molecular complexity index is 213. The molecule has 0 saturated heterocycles. The number of hydrogen-bond acceptors (Lipinski definition) is 1. The highest BCUT2D eigenvalue weighted by Crippen LogP contribution is 2.11. The van der Waals surface area contributed by atoms with Crippen LogP contribution in [-0.2, 0) is 0 Å². The summed E-state index contributed by atoms with van der Waals surface area (Å²) in [6, 6.07) is 9.81. The van der Waals surface area contributed by atoms with Gasteiger partial charge in [-0.15, -0.1) is 0 Å². The summed E-state index contributed by atoms with van der Waals surface area (Å²) in [5.74, 6) is 0.919. The van der Waals surface area contributed by atoms with Crippen LogP contribution in [0.1, 0.15) is 0 Å². The minimum atomic E-state index is 0.373. The fourth-order valence-electron chi connectivity index (χ4n) is 0.748. The van der Waals surface area contributed by atoms with Gasteiger partial charge in [0.1, 0.15) is 12.4 Å². The van der Waals surface area contributed by atoms with Gasteiger partial charge >= 0.3 is 0 Å². The summed E-state index contributed by atoms with van der Waals surface area (Å²) in [6.45, 7) is 0.690. The van der Waals surface area contributed by atoms with Gasteiger partial charge in [0.2, 0.25) is 0 Å². The van der Waals surface area contributed by atoms with E-state index in [0.717, 1.165) is 11.1 Å². The van der Waals surface area contributed by atoms with Gasteiger partial charge < -0.3 is 4.74 Å². The Kier molecular flexibility index (Phi) is 4.69. The van der Waals surface area contributed by atoms with Crippen molar-refractivity contribution in [2.75, 3.05) is 11.9 Å². The Morgan fingerprint density at radius 3 is 2.50 bits per heavy atom. The number of para-hydroxylation sites is 1. The Morgan fingerprint density at radius 2 is 1.92 bits per heavy atom. The smallest absolute Gasteiger partial charge is 0.119 e. The van der Waals surface area contributed by atoms with Crippen molar-refractivity contribution in [1.82, 2.24) is 0 Å². The number of benzene rings is 1. The minimum Gasteiger partial charge on any atom is -0.492 e. The van der Waals surface area contributed by atoms with Gasteiger partial charge in [0, 0.05) is 5.33 Å². The third kappa shape index (κ3) is 3.59. The van der Waals surface area contributed by atoms with E-state index in [1.54, 1.807) is 0 Å². The van der Waals surface area contributed by atoms with Gasteiger partial charge in [-0.05, 0) is 12.1 Å². The van der Waals surface area contributed by atoms with E-state index in [2.05, 4.69) is 31.9 Å². The van der Waals surface area contributed by atoms with E-state index in [0.29, 0.717) is 11.4 Å². The molecule has 1 aromatic rings. The molecule has 0 saturated carbocycles. The van der Waals surface area contributed by atoms with Crippen LogP contribution in [0, 0.1) is 0 Å². The summed E-state index contributed by atoms with van der Waals surface area (Å²) >= 11 is 6.82. The highest BCUT2D eigenvalue weighted by atomic mass is 79.9. The maximum absolute atomic E-state index is 5.48. The van der Waals surface area contributed by atoms with Crippen molar-refractivity contribution >= 4 is 31.9 Å². The van der Waals surface area contributed by atoms with E-state index in [1.165, 1.54) is 0 Å². The van der Waals surface area contributed by atoms with Crippen LogP contribution in [0.5, 0.6) is 5.75 Å². The Balaban J connectivity index is 2.33. The van der Waals surface area contributed by atoms with Crippen molar-refractivity contribution in [3.8, 4) is 5.75 Å². The molecule has 66 valence electrons. The molecule has 0 aliphatic heterocycles. The average Bonchev–Trinajstić information content (AvgIpc) is 2.16. The predicted molar refractivity (Wildman–Crippen MR) is 58.4 cm³/mol. The molecule has 0 bridgehead atoms. The average molecular weight is 294 g/mol. The summed E-state index contributed by atoms with van der Waals surface area (Å²) in [4.78, 5) is 0.373. The first-order valence-corrected chi connectivity index (χ1v) is 5.74. The van der Waals surface area contributed by atoms with E-state index in [4.69, 9.17) is 4.74 Å². The van der Waals surface area contributed by atoms with Gasteiger partial charge in [-0.3, -0.25) is 0 Å². The Hall–Kier alpha value is -0.0200. The Labute approximate surface area is 89.4 Å². The van der Waals surface area contributed by atoms with E-state index in [-0.39, 0.29) is 0 Å². The predicted octanol–water partition coefficient (Wildman–Crippen LogP) is 3.22. The van der Waals surface area contributed by atoms with Gasteiger partial charge in [0.25, 0.3) is 0 Å². The molecule has 0 N–H and O–H groups in total. The molecule has 0 spiro atoms. The fraction of sp³-hybridized carbons (Fsp3) is 0.333. The number of hydrogen-bond donors (Lipinski definition) is 0. The van der Waals surface area contributed by atoms with Crippen LogP contribution >= 0.6 is 31.9 Å². The zero-order valence-electron chi connectivity index (χ0n) is 6.54. The molecule has 0 fully saturated rings. The molecular weight excluding hydrogens is 284 g/mol. The molecule has 0 aliphatic carbocycles. The number of ether oxygens (including phenoxy) is 1. The summed E-state index contributed by atoms with van der Waals surface area (Å²) < 4.78 is 5.48. The van der Waals surface area contributed by atoms with Crippen LogP contribution in [0.15, 0.2) is 30.3 Å². The summed E-state index contributed by atoms with van der Waals surface area (Å²) in [5, 5.41) is 0.903. The highest BCUT2D eigenvalue weighted by Gasteiger charge is 2.01. The van der Waals surface area contributed by atoms with E-state index >= 15 is 0 Å². The van der Waals surface area contributed by atoms with Crippen LogP contribution in [-0.4, -0.2) is 16.8 Å². The van der Waals surface area contributed by atoms with Crippen LogP contribution < -0.4 is 4.74 Å². The number of halogens is 2. The van der Waals surface area contributed by atoms with Crippen molar-refractivity contribution in [2.24, 2.45) is 0 Å². The summed E-state index contributed by atoms with van der Waals surface area (Å²) in [5.41, 5.74) is 0. The van der Waals surface area contributed by atoms with Gasteiger partial charge in [-0.1, -0.05) is 50.1 Å². The zero-order valence-corrected chi connectivity index (χ0v) is 9.71. The fourth-order valence-corrected chi connectivity index (χ4v) is 1.07. The molecule has 0 unspecified atom stereocenters. The summed E-state index contributed by atoms with van der Waals surface area (Å²) in [6.07, 6.45) is 0. The van der Waals surface area contributed by atoms with Crippen molar-refractivity contribution in [2.45, 2.75) is 4.83 Å². The Morgan fingerprint density at radius 1 is 1.25 bits per heavy atom. The lowest BCUT2D eigenvalue weighted by Crippen LogP contribution is -2.11.